The van der Waals surface area contributed by atoms with E-state index in [1.807, 2.05) is 5.32 Å². The SMILES string of the molecule is Cc1nc(-c2cccnc2)sc1C(=O)NC(C)(C)C(F)(F)F. The quantitative estimate of drug-likeness (QED) is 0.936. The van der Waals surface area contributed by atoms with Crippen molar-refractivity contribution in [1.29, 1.82) is 0 Å². The van der Waals surface area contributed by atoms with Crippen LogP contribution >= 0.6 is 11.3 Å². The predicted octanol–water partition coefficient (Wildman–Crippen LogP) is 3.58. The van der Waals surface area contributed by atoms with Crippen molar-refractivity contribution in [2.45, 2.75) is 32.5 Å². The Bertz CT molecular complexity index is 680. The lowest BCUT2D eigenvalue weighted by Gasteiger charge is -2.28. The number of alkyl halides is 3. The molecule has 0 aliphatic heterocycles. The van der Waals surface area contributed by atoms with Gasteiger partial charge in [0.15, 0.2) is 0 Å². The maximum Gasteiger partial charge on any atom is 0.410 e. The molecule has 2 rings (SSSR count). The molecule has 0 unspecified atom stereocenters. The molecule has 118 valence electrons. The minimum absolute atomic E-state index is 0.163. The van der Waals surface area contributed by atoms with Crippen LogP contribution in [0.2, 0.25) is 0 Å². The van der Waals surface area contributed by atoms with E-state index in [0.29, 0.717) is 16.3 Å². The summed E-state index contributed by atoms with van der Waals surface area (Å²) < 4.78 is 38.5. The number of carbonyl (C=O) groups excluding carboxylic acids is 1. The number of rotatable bonds is 3. The van der Waals surface area contributed by atoms with E-state index in [9.17, 15) is 18.0 Å². The van der Waals surface area contributed by atoms with Crippen LogP contribution in [0.15, 0.2) is 24.5 Å². The zero-order valence-corrected chi connectivity index (χ0v) is 13.0. The van der Waals surface area contributed by atoms with Crippen LogP contribution in [0, 0.1) is 6.92 Å². The first-order chi connectivity index (χ1) is 10.1. The van der Waals surface area contributed by atoms with Gasteiger partial charge in [-0.3, -0.25) is 9.78 Å². The molecule has 2 heterocycles. The molecule has 2 aromatic rings. The molecular weight excluding hydrogens is 315 g/mol. The van der Waals surface area contributed by atoms with Crippen molar-refractivity contribution >= 4 is 17.2 Å². The van der Waals surface area contributed by atoms with Crippen LogP contribution in [0.5, 0.6) is 0 Å². The van der Waals surface area contributed by atoms with Gasteiger partial charge in [0.2, 0.25) is 0 Å². The lowest BCUT2D eigenvalue weighted by molar-refractivity contribution is -0.182. The molecule has 0 aliphatic carbocycles. The monoisotopic (exact) mass is 329 g/mol. The van der Waals surface area contributed by atoms with Crippen LogP contribution in [0.1, 0.15) is 29.2 Å². The Kier molecular flexibility index (Phi) is 4.23. The van der Waals surface area contributed by atoms with E-state index in [1.54, 1.807) is 31.5 Å². The van der Waals surface area contributed by atoms with Gasteiger partial charge in [0.25, 0.3) is 5.91 Å². The Morgan fingerprint density at radius 3 is 2.55 bits per heavy atom. The fraction of sp³-hybridized carbons (Fsp3) is 0.357. The van der Waals surface area contributed by atoms with Gasteiger partial charge < -0.3 is 5.32 Å². The van der Waals surface area contributed by atoms with E-state index in [-0.39, 0.29) is 4.88 Å². The summed E-state index contributed by atoms with van der Waals surface area (Å²) in [7, 11) is 0. The maximum absolute atomic E-state index is 12.8. The topological polar surface area (TPSA) is 54.9 Å². The molecular formula is C14H14F3N3OS. The molecule has 0 fully saturated rings. The highest BCUT2D eigenvalue weighted by molar-refractivity contribution is 7.17. The first-order valence-corrected chi connectivity index (χ1v) is 7.20. The van der Waals surface area contributed by atoms with Gasteiger partial charge in [-0.1, -0.05) is 0 Å². The lowest BCUT2D eigenvalue weighted by Crippen LogP contribution is -2.54. The lowest BCUT2D eigenvalue weighted by atomic mass is 10.1. The predicted molar refractivity (Wildman–Crippen MR) is 77.7 cm³/mol. The van der Waals surface area contributed by atoms with Gasteiger partial charge in [0, 0.05) is 18.0 Å². The van der Waals surface area contributed by atoms with E-state index in [0.717, 1.165) is 25.2 Å². The standard InChI is InChI=1S/C14H14F3N3OS/c1-8-10(11(21)20-13(2,3)14(15,16)17)22-12(19-8)9-5-4-6-18-7-9/h4-7H,1-3H3,(H,20,21). The summed E-state index contributed by atoms with van der Waals surface area (Å²) in [6.07, 6.45) is -1.35. The van der Waals surface area contributed by atoms with Crippen LogP contribution in [-0.4, -0.2) is 27.6 Å². The van der Waals surface area contributed by atoms with Crippen LogP contribution in [0.4, 0.5) is 13.2 Å². The van der Waals surface area contributed by atoms with Gasteiger partial charge in [0.1, 0.15) is 15.4 Å². The second-order valence-electron chi connectivity index (χ2n) is 5.25. The molecule has 0 spiro atoms. The van der Waals surface area contributed by atoms with Crippen LogP contribution < -0.4 is 5.32 Å². The molecule has 0 saturated carbocycles. The molecule has 1 N–H and O–H groups in total. The molecule has 22 heavy (non-hydrogen) atoms. The highest BCUT2D eigenvalue weighted by atomic mass is 32.1. The van der Waals surface area contributed by atoms with E-state index < -0.39 is 17.6 Å². The molecule has 2 aromatic heterocycles. The molecule has 0 atom stereocenters. The Labute approximate surface area is 129 Å². The second kappa shape index (κ2) is 5.68. The zero-order valence-electron chi connectivity index (χ0n) is 12.2. The third-order valence-corrected chi connectivity index (χ3v) is 4.25. The third-order valence-electron chi connectivity index (χ3n) is 3.05. The van der Waals surface area contributed by atoms with Crippen molar-refractivity contribution in [1.82, 2.24) is 15.3 Å². The molecule has 0 bridgehead atoms. The first kappa shape index (κ1) is 16.4. The molecule has 0 radical (unpaired) electrons. The molecule has 4 nitrogen and oxygen atoms in total. The van der Waals surface area contributed by atoms with E-state index in [4.69, 9.17) is 0 Å². The van der Waals surface area contributed by atoms with E-state index in [2.05, 4.69) is 9.97 Å². The second-order valence-corrected chi connectivity index (χ2v) is 6.25. The molecule has 1 amide bonds. The van der Waals surface area contributed by atoms with Crippen molar-refractivity contribution in [2.75, 3.05) is 0 Å². The molecule has 0 aromatic carbocycles. The van der Waals surface area contributed by atoms with Crippen molar-refractivity contribution in [3.8, 4) is 10.6 Å². The molecule has 0 saturated heterocycles. The Balaban J connectivity index is 2.27. The van der Waals surface area contributed by atoms with Gasteiger partial charge in [-0.05, 0) is 32.9 Å². The molecule has 8 heteroatoms. The van der Waals surface area contributed by atoms with Gasteiger partial charge in [0.05, 0.1) is 5.69 Å². The summed E-state index contributed by atoms with van der Waals surface area (Å²) >= 11 is 1.04. The maximum atomic E-state index is 12.8. The number of nitrogens with one attached hydrogen (secondary N) is 1. The number of hydrogen-bond acceptors (Lipinski definition) is 4. The van der Waals surface area contributed by atoms with Crippen LogP contribution in [0.3, 0.4) is 0 Å². The average Bonchev–Trinajstić information content (AvgIpc) is 2.80. The number of amides is 1. The smallest absolute Gasteiger partial charge is 0.338 e. The summed E-state index contributed by atoms with van der Waals surface area (Å²) in [5.41, 5.74) is -1.21. The normalized spacial score (nSPS) is 12.3. The van der Waals surface area contributed by atoms with Gasteiger partial charge in [-0.25, -0.2) is 4.98 Å². The average molecular weight is 329 g/mol. The van der Waals surface area contributed by atoms with Crippen molar-refractivity contribution in [3.05, 3.63) is 35.1 Å². The Hall–Kier alpha value is -1.96. The third kappa shape index (κ3) is 3.27. The van der Waals surface area contributed by atoms with Crippen molar-refractivity contribution in [3.63, 3.8) is 0 Å². The number of aromatic nitrogens is 2. The minimum Gasteiger partial charge on any atom is -0.338 e. The number of halogens is 3. The number of thiazole rings is 1. The largest absolute Gasteiger partial charge is 0.410 e. The summed E-state index contributed by atoms with van der Waals surface area (Å²) in [5.74, 6) is -0.785. The molecule has 0 aliphatic rings. The fourth-order valence-electron chi connectivity index (χ4n) is 1.63. The van der Waals surface area contributed by atoms with Gasteiger partial charge >= 0.3 is 6.18 Å². The number of pyridine rings is 1. The van der Waals surface area contributed by atoms with Crippen LogP contribution in [-0.2, 0) is 0 Å². The van der Waals surface area contributed by atoms with Crippen LogP contribution in [0.25, 0.3) is 10.6 Å². The zero-order chi connectivity index (χ0) is 16.5. The Morgan fingerprint density at radius 1 is 1.32 bits per heavy atom. The first-order valence-electron chi connectivity index (χ1n) is 6.39. The summed E-state index contributed by atoms with van der Waals surface area (Å²) in [6, 6.07) is 3.49. The highest BCUT2D eigenvalue weighted by Gasteiger charge is 2.48. The number of aryl methyl sites for hydroxylation is 1. The summed E-state index contributed by atoms with van der Waals surface area (Å²) in [6.45, 7) is 3.43. The van der Waals surface area contributed by atoms with Gasteiger partial charge in [-0.15, -0.1) is 11.3 Å². The summed E-state index contributed by atoms with van der Waals surface area (Å²) in [5, 5.41) is 2.55. The van der Waals surface area contributed by atoms with E-state index in [1.165, 1.54) is 0 Å². The number of carbonyl (C=O) groups is 1. The highest BCUT2D eigenvalue weighted by Crippen LogP contribution is 2.31. The van der Waals surface area contributed by atoms with Gasteiger partial charge in [-0.2, -0.15) is 13.2 Å². The fourth-order valence-corrected chi connectivity index (χ4v) is 2.58. The summed E-state index contributed by atoms with van der Waals surface area (Å²) in [4.78, 5) is 20.5. The van der Waals surface area contributed by atoms with Crippen molar-refractivity contribution < 1.29 is 18.0 Å². The minimum atomic E-state index is -4.53. The number of nitrogens with zero attached hydrogens (tertiary/aromatic N) is 2. The number of hydrogen-bond donors (Lipinski definition) is 1. The van der Waals surface area contributed by atoms with Crippen molar-refractivity contribution in [2.24, 2.45) is 0 Å². The van der Waals surface area contributed by atoms with E-state index >= 15 is 0 Å². The Morgan fingerprint density at radius 2 is 2.00 bits per heavy atom.